The maximum atomic E-state index is 14.0. The van der Waals surface area contributed by atoms with E-state index >= 15 is 0 Å². The van der Waals surface area contributed by atoms with Gasteiger partial charge in [-0.2, -0.15) is 0 Å². The van der Waals surface area contributed by atoms with E-state index in [1.165, 1.54) is 0 Å². The molecule has 5 rings (SSSR count). The van der Waals surface area contributed by atoms with Gasteiger partial charge in [0.2, 0.25) is 0 Å². The summed E-state index contributed by atoms with van der Waals surface area (Å²) in [4.78, 5) is 27.0. The molecule has 1 spiro atoms. The Morgan fingerprint density at radius 3 is 2.70 bits per heavy atom. The zero-order valence-corrected chi connectivity index (χ0v) is 18.8. The summed E-state index contributed by atoms with van der Waals surface area (Å²) in [6.45, 7) is 3.55. The summed E-state index contributed by atoms with van der Waals surface area (Å²) >= 11 is 0. The van der Waals surface area contributed by atoms with Crippen molar-refractivity contribution >= 4 is 5.91 Å². The minimum atomic E-state index is -0.928. The average Bonchev–Trinajstić information content (AvgIpc) is 3.22. The molecule has 0 bridgehead atoms. The molecule has 0 aliphatic carbocycles. The first kappa shape index (κ1) is 21.6. The van der Waals surface area contributed by atoms with Crippen molar-refractivity contribution in [3.8, 4) is 5.75 Å². The maximum Gasteiger partial charge on any atom is 0.257 e. The van der Waals surface area contributed by atoms with Gasteiger partial charge in [0, 0.05) is 57.2 Å². The molecule has 0 saturated carbocycles. The molecular weight excluding hydrogens is 416 g/mol. The number of hydrogen-bond acceptors (Lipinski definition) is 6. The largest absolute Gasteiger partial charge is 0.497 e. The number of benzene rings is 1. The number of nitrogens with zero attached hydrogens (tertiary/aromatic N) is 4. The van der Waals surface area contributed by atoms with Crippen LogP contribution in [-0.2, 0) is 22.6 Å². The number of aromatic nitrogens is 2. The number of rotatable bonds is 6. The topological polar surface area (TPSA) is 67.8 Å². The van der Waals surface area contributed by atoms with Crippen LogP contribution in [0.25, 0.3) is 0 Å². The van der Waals surface area contributed by atoms with Crippen LogP contribution in [0.1, 0.15) is 22.7 Å². The molecule has 0 radical (unpaired) electrons. The fourth-order valence-corrected chi connectivity index (χ4v) is 4.94. The normalized spacial score (nSPS) is 23.2. The van der Waals surface area contributed by atoms with E-state index in [-0.39, 0.29) is 11.8 Å². The van der Waals surface area contributed by atoms with E-state index in [9.17, 15) is 4.79 Å². The van der Waals surface area contributed by atoms with Crippen LogP contribution in [0.2, 0.25) is 0 Å². The second-order valence-corrected chi connectivity index (χ2v) is 8.64. The average molecular weight is 445 g/mol. The van der Waals surface area contributed by atoms with Crippen LogP contribution >= 0.6 is 0 Å². The highest BCUT2D eigenvalue weighted by Crippen LogP contribution is 2.42. The quantitative estimate of drug-likeness (QED) is 0.583. The van der Waals surface area contributed by atoms with Crippen molar-refractivity contribution in [2.45, 2.75) is 24.6 Å². The maximum absolute atomic E-state index is 14.0. The summed E-state index contributed by atoms with van der Waals surface area (Å²) in [5.74, 6) is 0.754. The van der Waals surface area contributed by atoms with Gasteiger partial charge in [0.05, 0.1) is 19.4 Å². The standard InChI is InChI=1S/C26H28N4O3/c1-32-23-9-7-20(8-10-23)16-30-13-14-33-26(25(30)31)19-29(17-22-6-2-3-12-28-22)18-24(26)21-5-4-11-27-15-21/h2-12,15,24H,13-14,16-19H2,1H3. The molecule has 2 aliphatic heterocycles. The molecule has 4 heterocycles. The van der Waals surface area contributed by atoms with Crippen LogP contribution in [-0.4, -0.2) is 64.6 Å². The molecule has 2 fully saturated rings. The van der Waals surface area contributed by atoms with E-state index in [1.807, 2.05) is 65.7 Å². The lowest BCUT2D eigenvalue weighted by atomic mass is 9.83. The molecule has 1 amide bonds. The Bertz CT molecular complexity index is 1080. The number of pyridine rings is 2. The molecule has 2 unspecified atom stereocenters. The second kappa shape index (κ2) is 9.29. The van der Waals surface area contributed by atoms with Gasteiger partial charge >= 0.3 is 0 Å². The molecule has 2 aliphatic rings. The van der Waals surface area contributed by atoms with Gasteiger partial charge in [-0.05, 0) is 41.5 Å². The first-order valence-electron chi connectivity index (χ1n) is 11.3. The van der Waals surface area contributed by atoms with Crippen molar-refractivity contribution in [2.75, 3.05) is 33.4 Å². The van der Waals surface area contributed by atoms with Gasteiger partial charge in [0.25, 0.3) is 5.91 Å². The molecule has 33 heavy (non-hydrogen) atoms. The SMILES string of the molecule is COc1ccc(CN2CCOC3(CN(Cc4ccccn4)CC3c3cccnc3)C2=O)cc1. The van der Waals surface area contributed by atoms with Crippen molar-refractivity contribution in [2.24, 2.45) is 0 Å². The minimum Gasteiger partial charge on any atom is -0.497 e. The Hall–Kier alpha value is -3.29. The molecule has 3 aromatic rings. The fraction of sp³-hybridized carbons (Fsp3) is 0.346. The third kappa shape index (κ3) is 4.34. The monoisotopic (exact) mass is 444 g/mol. The highest BCUT2D eigenvalue weighted by molar-refractivity contribution is 5.88. The first-order chi connectivity index (χ1) is 16.2. The van der Waals surface area contributed by atoms with E-state index in [4.69, 9.17) is 9.47 Å². The van der Waals surface area contributed by atoms with E-state index < -0.39 is 5.60 Å². The summed E-state index contributed by atoms with van der Waals surface area (Å²) in [5.41, 5.74) is 2.16. The molecule has 2 atom stereocenters. The van der Waals surface area contributed by atoms with Gasteiger partial charge in [0.1, 0.15) is 5.75 Å². The molecular formula is C26H28N4O3. The lowest BCUT2D eigenvalue weighted by Gasteiger charge is -2.42. The first-order valence-corrected chi connectivity index (χ1v) is 11.3. The molecule has 7 nitrogen and oxygen atoms in total. The third-order valence-corrected chi connectivity index (χ3v) is 6.56. The predicted molar refractivity (Wildman–Crippen MR) is 124 cm³/mol. The van der Waals surface area contributed by atoms with Crippen molar-refractivity contribution in [3.05, 3.63) is 90.0 Å². The summed E-state index contributed by atoms with van der Waals surface area (Å²) in [6.07, 6.45) is 5.42. The lowest BCUT2D eigenvalue weighted by molar-refractivity contribution is -0.173. The van der Waals surface area contributed by atoms with Crippen molar-refractivity contribution in [1.82, 2.24) is 19.8 Å². The van der Waals surface area contributed by atoms with Gasteiger partial charge in [-0.1, -0.05) is 24.3 Å². The predicted octanol–water partition coefficient (Wildman–Crippen LogP) is 2.88. The number of likely N-dealkylation sites (tertiary alicyclic amines) is 1. The number of hydrogen-bond donors (Lipinski definition) is 0. The van der Waals surface area contributed by atoms with E-state index in [0.29, 0.717) is 39.3 Å². The summed E-state index contributed by atoms with van der Waals surface area (Å²) in [5, 5.41) is 0. The Balaban J connectivity index is 1.42. The van der Waals surface area contributed by atoms with Crippen molar-refractivity contribution in [3.63, 3.8) is 0 Å². The smallest absolute Gasteiger partial charge is 0.257 e. The number of ether oxygens (including phenoxy) is 2. The lowest BCUT2D eigenvalue weighted by Crippen LogP contribution is -2.59. The summed E-state index contributed by atoms with van der Waals surface area (Å²) < 4.78 is 11.6. The van der Waals surface area contributed by atoms with Crippen LogP contribution < -0.4 is 4.74 Å². The van der Waals surface area contributed by atoms with E-state index in [0.717, 1.165) is 22.6 Å². The highest BCUT2D eigenvalue weighted by atomic mass is 16.5. The van der Waals surface area contributed by atoms with Crippen LogP contribution in [0.15, 0.2) is 73.2 Å². The number of carbonyl (C=O) groups excluding carboxylic acids is 1. The number of morpholine rings is 1. The summed E-state index contributed by atoms with van der Waals surface area (Å²) in [7, 11) is 1.65. The fourth-order valence-electron chi connectivity index (χ4n) is 4.94. The van der Waals surface area contributed by atoms with Crippen LogP contribution in [0.4, 0.5) is 0 Å². The second-order valence-electron chi connectivity index (χ2n) is 8.64. The third-order valence-electron chi connectivity index (χ3n) is 6.56. The zero-order chi connectivity index (χ0) is 22.7. The Labute approximate surface area is 194 Å². The number of carbonyl (C=O) groups is 1. The minimum absolute atomic E-state index is 0.0435. The molecule has 2 aromatic heterocycles. The summed E-state index contributed by atoms with van der Waals surface area (Å²) in [6, 6.07) is 17.8. The molecule has 170 valence electrons. The molecule has 1 aromatic carbocycles. The zero-order valence-electron chi connectivity index (χ0n) is 18.8. The molecule has 7 heteroatoms. The van der Waals surface area contributed by atoms with Crippen LogP contribution in [0.5, 0.6) is 5.75 Å². The van der Waals surface area contributed by atoms with Gasteiger partial charge in [0.15, 0.2) is 5.60 Å². The van der Waals surface area contributed by atoms with Crippen LogP contribution in [0, 0.1) is 0 Å². The van der Waals surface area contributed by atoms with Gasteiger partial charge in [-0.15, -0.1) is 0 Å². The van der Waals surface area contributed by atoms with Gasteiger partial charge in [-0.25, -0.2) is 0 Å². The molecule has 2 saturated heterocycles. The van der Waals surface area contributed by atoms with Crippen molar-refractivity contribution < 1.29 is 14.3 Å². The Morgan fingerprint density at radius 1 is 1.09 bits per heavy atom. The number of amides is 1. The number of methoxy groups -OCH3 is 1. The molecule has 0 N–H and O–H groups in total. The van der Waals surface area contributed by atoms with E-state index in [1.54, 1.807) is 19.5 Å². The Kier molecular flexibility index (Phi) is 6.07. The van der Waals surface area contributed by atoms with E-state index in [2.05, 4.69) is 14.9 Å². The van der Waals surface area contributed by atoms with Gasteiger partial charge < -0.3 is 14.4 Å². The Morgan fingerprint density at radius 2 is 1.97 bits per heavy atom. The highest BCUT2D eigenvalue weighted by Gasteiger charge is 2.57. The van der Waals surface area contributed by atoms with Crippen molar-refractivity contribution in [1.29, 1.82) is 0 Å². The van der Waals surface area contributed by atoms with Crippen LogP contribution in [0.3, 0.4) is 0 Å². The van der Waals surface area contributed by atoms with Gasteiger partial charge in [-0.3, -0.25) is 19.7 Å².